The van der Waals surface area contributed by atoms with Crippen molar-refractivity contribution in [3.8, 4) is 11.5 Å². The average Bonchev–Trinajstić information content (AvgIpc) is 3.27. The molecule has 1 fully saturated rings. The van der Waals surface area contributed by atoms with E-state index in [1.165, 1.54) is 0 Å². The van der Waals surface area contributed by atoms with Gasteiger partial charge in [0.1, 0.15) is 0 Å². The first-order valence-corrected chi connectivity index (χ1v) is 9.75. The lowest BCUT2D eigenvalue weighted by Gasteiger charge is -2.18. The van der Waals surface area contributed by atoms with Gasteiger partial charge in [-0.15, -0.1) is 0 Å². The Morgan fingerprint density at radius 1 is 1.07 bits per heavy atom. The molecule has 6 nitrogen and oxygen atoms in total. The van der Waals surface area contributed by atoms with E-state index in [1.807, 2.05) is 36.4 Å². The van der Waals surface area contributed by atoms with E-state index in [4.69, 9.17) is 9.47 Å². The Morgan fingerprint density at radius 3 is 2.52 bits per heavy atom. The molecule has 6 heteroatoms. The second-order valence-corrected chi connectivity index (χ2v) is 7.24. The van der Waals surface area contributed by atoms with Crippen molar-refractivity contribution in [1.29, 1.82) is 0 Å². The van der Waals surface area contributed by atoms with E-state index in [-0.39, 0.29) is 11.8 Å². The van der Waals surface area contributed by atoms with Crippen molar-refractivity contribution >= 4 is 22.4 Å². The zero-order valence-corrected chi connectivity index (χ0v) is 16.7. The third-order valence-corrected chi connectivity index (χ3v) is 5.46. The number of pyridine rings is 1. The van der Waals surface area contributed by atoms with Crippen LogP contribution in [0.3, 0.4) is 0 Å². The van der Waals surface area contributed by atoms with Gasteiger partial charge in [-0.3, -0.25) is 9.78 Å². The number of rotatable bonds is 6. The van der Waals surface area contributed by atoms with Crippen LogP contribution in [0.5, 0.6) is 11.5 Å². The molecule has 0 saturated carbocycles. The Kier molecular flexibility index (Phi) is 5.51. The van der Waals surface area contributed by atoms with Gasteiger partial charge in [-0.1, -0.05) is 12.1 Å². The van der Waals surface area contributed by atoms with Crippen LogP contribution in [-0.4, -0.2) is 38.2 Å². The molecule has 0 aliphatic carbocycles. The normalized spacial score (nSPS) is 16.1. The van der Waals surface area contributed by atoms with E-state index in [0.717, 1.165) is 41.5 Å². The number of carbonyl (C=O) groups is 1. The van der Waals surface area contributed by atoms with Gasteiger partial charge in [0.25, 0.3) is 0 Å². The van der Waals surface area contributed by atoms with Crippen LogP contribution in [0.15, 0.2) is 54.9 Å². The standard InChI is InChI=1S/C23H25N3O3/c1-28-21-12-17-4-3-16(11-19(17)13-22(21)29-2)14-25-23(27)18-7-10-26(15-18)20-5-8-24-9-6-20/h3-6,8-9,11-13,18H,7,10,14-15H2,1-2H3,(H,25,27). The first kappa shape index (κ1) is 19.1. The van der Waals surface area contributed by atoms with Gasteiger partial charge >= 0.3 is 0 Å². The van der Waals surface area contributed by atoms with Gasteiger partial charge < -0.3 is 19.7 Å². The molecule has 1 aliphatic rings. The fourth-order valence-corrected chi connectivity index (χ4v) is 3.83. The number of amides is 1. The summed E-state index contributed by atoms with van der Waals surface area (Å²) in [6.45, 7) is 2.14. The van der Waals surface area contributed by atoms with E-state index < -0.39 is 0 Å². The van der Waals surface area contributed by atoms with Crippen LogP contribution in [-0.2, 0) is 11.3 Å². The van der Waals surface area contributed by atoms with E-state index in [2.05, 4.69) is 21.3 Å². The predicted octanol–water partition coefficient (Wildman–Crippen LogP) is 3.39. The maximum absolute atomic E-state index is 12.7. The fraction of sp³-hybridized carbons (Fsp3) is 0.304. The van der Waals surface area contributed by atoms with Gasteiger partial charge in [0.05, 0.1) is 20.1 Å². The smallest absolute Gasteiger partial charge is 0.225 e. The first-order valence-electron chi connectivity index (χ1n) is 9.75. The molecule has 1 unspecified atom stereocenters. The second kappa shape index (κ2) is 8.39. The Balaban J connectivity index is 1.39. The molecule has 150 valence electrons. The molecule has 4 rings (SSSR count). The highest BCUT2D eigenvalue weighted by atomic mass is 16.5. The van der Waals surface area contributed by atoms with Crippen LogP contribution in [0.4, 0.5) is 5.69 Å². The van der Waals surface area contributed by atoms with E-state index in [0.29, 0.717) is 18.0 Å². The Morgan fingerprint density at radius 2 is 1.79 bits per heavy atom. The lowest BCUT2D eigenvalue weighted by molar-refractivity contribution is -0.124. The zero-order chi connectivity index (χ0) is 20.2. The second-order valence-electron chi connectivity index (χ2n) is 7.24. The molecule has 2 aromatic carbocycles. The van der Waals surface area contributed by atoms with Crippen LogP contribution in [0.1, 0.15) is 12.0 Å². The van der Waals surface area contributed by atoms with Crippen molar-refractivity contribution in [2.24, 2.45) is 5.92 Å². The van der Waals surface area contributed by atoms with Crippen LogP contribution in [0, 0.1) is 5.92 Å². The Bertz CT molecular complexity index is 1010. The van der Waals surface area contributed by atoms with Gasteiger partial charge in [-0.2, -0.15) is 0 Å². The third-order valence-electron chi connectivity index (χ3n) is 5.46. The predicted molar refractivity (Wildman–Crippen MR) is 113 cm³/mol. The highest BCUT2D eigenvalue weighted by Crippen LogP contribution is 2.32. The number of methoxy groups -OCH3 is 2. The number of carbonyl (C=O) groups excluding carboxylic acids is 1. The number of nitrogens with one attached hydrogen (secondary N) is 1. The summed E-state index contributed by atoms with van der Waals surface area (Å²) in [5.74, 6) is 1.52. The average molecular weight is 391 g/mol. The summed E-state index contributed by atoms with van der Waals surface area (Å²) in [5, 5.41) is 5.22. The Hall–Kier alpha value is -3.28. The monoisotopic (exact) mass is 391 g/mol. The van der Waals surface area contributed by atoms with Crippen molar-refractivity contribution in [3.05, 3.63) is 60.4 Å². The summed E-state index contributed by atoms with van der Waals surface area (Å²) in [7, 11) is 3.26. The van der Waals surface area contributed by atoms with Crippen LogP contribution < -0.4 is 19.7 Å². The summed E-state index contributed by atoms with van der Waals surface area (Å²) >= 11 is 0. The number of hydrogen-bond acceptors (Lipinski definition) is 5. The number of aromatic nitrogens is 1. The minimum absolute atomic E-state index is 0.00739. The molecule has 0 bridgehead atoms. The van der Waals surface area contributed by atoms with Gasteiger partial charge in [-0.05, 0) is 53.1 Å². The maximum Gasteiger partial charge on any atom is 0.225 e. The first-order chi connectivity index (χ1) is 14.2. The minimum atomic E-state index is 0.00739. The van der Waals surface area contributed by atoms with Gasteiger partial charge in [-0.25, -0.2) is 0 Å². The summed E-state index contributed by atoms with van der Waals surface area (Å²) < 4.78 is 10.8. The quantitative estimate of drug-likeness (QED) is 0.698. The number of anilines is 1. The molecule has 1 atom stereocenters. The zero-order valence-electron chi connectivity index (χ0n) is 16.7. The van der Waals surface area contributed by atoms with E-state index in [1.54, 1.807) is 26.6 Å². The van der Waals surface area contributed by atoms with Crippen molar-refractivity contribution in [2.45, 2.75) is 13.0 Å². The molecule has 1 saturated heterocycles. The fourth-order valence-electron chi connectivity index (χ4n) is 3.83. The topological polar surface area (TPSA) is 63.7 Å². The van der Waals surface area contributed by atoms with Gasteiger partial charge in [0, 0.05) is 37.7 Å². The molecule has 1 aromatic heterocycles. The number of nitrogens with zero attached hydrogens (tertiary/aromatic N) is 2. The highest BCUT2D eigenvalue weighted by molar-refractivity contribution is 5.87. The summed E-state index contributed by atoms with van der Waals surface area (Å²) in [6, 6.07) is 14.0. The lowest BCUT2D eigenvalue weighted by Crippen LogP contribution is -2.32. The SMILES string of the molecule is COc1cc2ccc(CNC(=O)C3CCN(c4ccncc4)C3)cc2cc1OC. The summed E-state index contributed by atoms with van der Waals surface area (Å²) in [5.41, 5.74) is 2.18. The molecular weight excluding hydrogens is 366 g/mol. The minimum Gasteiger partial charge on any atom is -0.493 e. The van der Waals surface area contributed by atoms with Crippen molar-refractivity contribution in [2.75, 3.05) is 32.2 Å². The molecule has 0 radical (unpaired) electrons. The van der Waals surface area contributed by atoms with Crippen molar-refractivity contribution in [1.82, 2.24) is 10.3 Å². The number of hydrogen-bond donors (Lipinski definition) is 1. The van der Waals surface area contributed by atoms with Crippen molar-refractivity contribution in [3.63, 3.8) is 0 Å². The van der Waals surface area contributed by atoms with Crippen LogP contribution in [0.2, 0.25) is 0 Å². The maximum atomic E-state index is 12.7. The van der Waals surface area contributed by atoms with E-state index >= 15 is 0 Å². The summed E-state index contributed by atoms with van der Waals surface area (Å²) in [6.07, 6.45) is 4.43. The third kappa shape index (κ3) is 4.11. The van der Waals surface area contributed by atoms with Crippen LogP contribution in [0.25, 0.3) is 10.8 Å². The summed E-state index contributed by atoms with van der Waals surface area (Å²) in [4.78, 5) is 18.9. The van der Waals surface area contributed by atoms with Crippen molar-refractivity contribution < 1.29 is 14.3 Å². The molecule has 29 heavy (non-hydrogen) atoms. The molecule has 1 amide bonds. The number of benzene rings is 2. The van der Waals surface area contributed by atoms with Gasteiger partial charge in [0.2, 0.25) is 5.91 Å². The molecule has 0 spiro atoms. The molecule has 1 aliphatic heterocycles. The van der Waals surface area contributed by atoms with Crippen LogP contribution >= 0.6 is 0 Å². The van der Waals surface area contributed by atoms with Gasteiger partial charge in [0.15, 0.2) is 11.5 Å². The molecular formula is C23H25N3O3. The molecule has 1 N–H and O–H groups in total. The Labute approximate surface area is 170 Å². The molecule has 3 aromatic rings. The number of fused-ring (bicyclic) bond motifs is 1. The lowest BCUT2D eigenvalue weighted by atomic mass is 10.1. The molecule has 2 heterocycles. The van der Waals surface area contributed by atoms with E-state index in [9.17, 15) is 4.79 Å². The largest absolute Gasteiger partial charge is 0.493 e. The highest BCUT2D eigenvalue weighted by Gasteiger charge is 2.28. The number of ether oxygens (including phenoxy) is 2.